The zero-order chi connectivity index (χ0) is 19.5. The maximum atomic E-state index is 12.4. The number of piperidine rings is 1. The van der Waals surface area contributed by atoms with Crippen molar-refractivity contribution in [3.05, 3.63) is 71.7 Å². The molecule has 0 atom stereocenters. The molecule has 28 heavy (non-hydrogen) atoms. The molecule has 0 spiro atoms. The van der Waals surface area contributed by atoms with Crippen LogP contribution in [-0.2, 0) is 6.54 Å². The number of primary amides is 1. The number of furan rings is 1. The van der Waals surface area contributed by atoms with E-state index in [9.17, 15) is 9.59 Å². The Morgan fingerprint density at radius 1 is 1.07 bits per heavy atom. The van der Waals surface area contributed by atoms with E-state index in [1.165, 1.54) is 28.7 Å². The lowest BCUT2D eigenvalue weighted by Gasteiger charge is -2.32. The predicted octanol–water partition coefficient (Wildman–Crippen LogP) is 2.93. The van der Waals surface area contributed by atoms with Crippen LogP contribution < -0.4 is 11.1 Å². The smallest absolute Gasteiger partial charge is 0.285 e. The third kappa shape index (κ3) is 3.92. The van der Waals surface area contributed by atoms with Crippen molar-refractivity contribution in [1.82, 2.24) is 10.2 Å². The van der Waals surface area contributed by atoms with E-state index in [0.717, 1.165) is 32.5 Å². The Bertz CT molecular complexity index is 1000. The van der Waals surface area contributed by atoms with E-state index in [4.69, 9.17) is 10.2 Å². The molecule has 2 heterocycles. The molecule has 1 saturated heterocycles. The number of nitrogens with two attached hydrogens (primary N) is 1. The topological polar surface area (TPSA) is 88.6 Å². The minimum absolute atomic E-state index is 0.0796. The Labute approximate surface area is 163 Å². The molecule has 0 unspecified atom stereocenters. The van der Waals surface area contributed by atoms with E-state index < -0.39 is 5.91 Å². The average Bonchev–Trinajstić information content (AvgIpc) is 3.20. The molecule has 2 aromatic carbocycles. The first-order valence-corrected chi connectivity index (χ1v) is 9.48. The molecule has 3 aromatic rings. The molecular weight excluding hydrogens is 354 g/mol. The highest BCUT2D eigenvalue weighted by molar-refractivity contribution is 6.05. The fourth-order valence-corrected chi connectivity index (χ4v) is 3.77. The quantitative estimate of drug-likeness (QED) is 0.715. The van der Waals surface area contributed by atoms with Crippen LogP contribution in [0.2, 0.25) is 0 Å². The largest absolute Gasteiger partial charge is 0.458 e. The van der Waals surface area contributed by atoms with Crippen LogP contribution in [0.15, 0.2) is 59.2 Å². The summed E-state index contributed by atoms with van der Waals surface area (Å²) in [5.41, 5.74) is 6.73. The third-order valence-corrected chi connectivity index (χ3v) is 5.28. The van der Waals surface area contributed by atoms with Gasteiger partial charge in [0, 0.05) is 25.7 Å². The van der Waals surface area contributed by atoms with Crippen molar-refractivity contribution >= 4 is 22.6 Å². The summed E-state index contributed by atoms with van der Waals surface area (Å²) >= 11 is 0. The van der Waals surface area contributed by atoms with Gasteiger partial charge in [0.15, 0.2) is 0 Å². The van der Waals surface area contributed by atoms with Gasteiger partial charge in [-0.1, -0.05) is 36.4 Å². The van der Waals surface area contributed by atoms with Crippen molar-refractivity contribution in [2.24, 2.45) is 5.73 Å². The van der Waals surface area contributed by atoms with Gasteiger partial charge in [0.2, 0.25) is 5.76 Å². The monoisotopic (exact) mass is 377 g/mol. The summed E-state index contributed by atoms with van der Waals surface area (Å²) in [5.74, 6) is -1.14. The minimum atomic E-state index is -0.736. The molecule has 3 N–H and O–H groups in total. The number of benzene rings is 2. The molecular formula is C22H23N3O3. The van der Waals surface area contributed by atoms with Crippen molar-refractivity contribution in [1.29, 1.82) is 0 Å². The van der Waals surface area contributed by atoms with Crippen LogP contribution in [0.5, 0.6) is 0 Å². The van der Waals surface area contributed by atoms with Crippen LogP contribution in [0.1, 0.15) is 39.3 Å². The van der Waals surface area contributed by atoms with Gasteiger partial charge in [-0.15, -0.1) is 0 Å². The van der Waals surface area contributed by atoms with Gasteiger partial charge >= 0.3 is 0 Å². The standard InChI is InChI=1S/C22H23N3O3/c23-21(26)20-19(9-12-28-20)22(27)24-18-7-10-25(11-8-18)14-15-5-6-16-3-1-2-4-17(16)13-15/h1-6,9,12-13,18H,7-8,10-11,14H2,(H2,23,26)(H,24,27). The average molecular weight is 377 g/mol. The first kappa shape index (κ1) is 18.3. The van der Waals surface area contributed by atoms with Crippen LogP contribution in [-0.4, -0.2) is 35.8 Å². The normalized spacial score (nSPS) is 15.6. The molecule has 1 fully saturated rings. The van der Waals surface area contributed by atoms with Crippen LogP contribution in [0.4, 0.5) is 0 Å². The van der Waals surface area contributed by atoms with E-state index in [0.29, 0.717) is 0 Å². The molecule has 1 aromatic heterocycles. The maximum Gasteiger partial charge on any atom is 0.285 e. The molecule has 0 aliphatic carbocycles. The number of fused-ring (bicyclic) bond motifs is 1. The second-order valence-electron chi connectivity index (χ2n) is 7.23. The number of hydrogen-bond donors (Lipinski definition) is 2. The molecule has 6 heteroatoms. The summed E-state index contributed by atoms with van der Waals surface area (Å²) in [4.78, 5) is 26.1. The predicted molar refractivity (Wildman–Crippen MR) is 107 cm³/mol. The number of amides is 2. The van der Waals surface area contributed by atoms with Crippen molar-refractivity contribution in [2.45, 2.75) is 25.4 Å². The Kier molecular flexibility index (Phi) is 5.12. The first-order chi connectivity index (χ1) is 13.6. The molecule has 2 amide bonds. The van der Waals surface area contributed by atoms with Crippen LogP contribution in [0, 0.1) is 0 Å². The van der Waals surface area contributed by atoms with E-state index >= 15 is 0 Å². The fraction of sp³-hybridized carbons (Fsp3) is 0.273. The van der Waals surface area contributed by atoms with Gasteiger partial charge in [0.1, 0.15) is 0 Å². The van der Waals surface area contributed by atoms with Crippen LogP contribution >= 0.6 is 0 Å². The highest BCUT2D eigenvalue weighted by Crippen LogP contribution is 2.19. The molecule has 1 aliphatic rings. The lowest BCUT2D eigenvalue weighted by Crippen LogP contribution is -2.44. The third-order valence-electron chi connectivity index (χ3n) is 5.28. The van der Waals surface area contributed by atoms with Gasteiger partial charge in [-0.2, -0.15) is 0 Å². The van der Waals surface area contributed by atoms with Gasteiger partial charge in [-0.05, 0) is 41.3 Å². The summed E-state index contributed by atoms with van der Waals surface area (Å²) in [5, 5.41) is 5.50. The Morgan fingerprint density at radius 2 is 1.82 bits per heavy atom. The SMILES string of the molecule is NC(=O)c1occc1C(=O)NC1CCN(Cc2ccc3ccccc3c2)CC1. The van der Waals surface area contributed by atoms with E-state index in [-0.39, 0.29) is 23.3 Å². The molecule has 0 saturated carbocycles. The maximum absolute atomic E-state index is 12.4. The summed E-state index contributed by atoms with van der Waals surface area (Å²) in [6, 6.07) is 16.5. The lowest BCUT2D eigenvalue weighted by molar-refractivity contribution is 0.0890. The number of nitrogens with one attached hydrogen (secondary N) is 1. The first-order valence-electron chi connectivity index (χ1n) is 9.48. The molecule has 144 valence electrons. The van der Waals surface area contributed by atoms with Crippen LogP contribution in [0.3, 0.4) is 0 Å². The number of likely N-dealkylation sites (tertiary alicyclic amines) is 1. The molecule has 6 nitrogen and oxygen atoms in total. The Balaban J connectivity index is 1.32. The number of carbonyl (C=O) groups is 2. The van der Waals surface area contributed by atoms with Gasteiger partial charge in [0.05, 0.1) is 11.8 Å². The van der Waals surface area contributed by atoms with E-state index in [1.807, 2.05) is 0 Å². The van der Waals surface area contributed by atoms with Gasteiger partial charge in [-0.3, -0.25) is 14.5 Å². The Hall–Kier alpha value is -3.12. The Morgan fingerprint density at radius 3 is 2.57 bits per heavy atom. The number of hydrogen-bond acceptors (Lipinski definition) is 4. The zero-order valence-corrected chi connectivity index (χ0v) is 15.6. The highest BCUT2D eigenvalue weighted by atomic mass is 16.3. The highest BCUT2D eigenvalue weighted by Gasteiger charge is 2.24. The fourth-order valence-electron chi connectivity index (χ4n) is 3.77. The van der Waals surface area contributed by atoms with Gasteiger partial charge in [-0.25, -0.2) is 0 Å². The number of rotatable bonds is 5. The summed E-state index contributed by atoms with van der Waals surface area (Å²) < 4.78 is 5.01. The number of carbonyl (C=O) groups excluding carboxylic acids is 2. The second kappa shape index (κ2) is 7.86. The zero-order valence-electron chi connectivity index (χ0n) is 15.6. The van der Waals surface area contributed by atoms with Gasteiger partial charge < -0.3 is 15.5 Å². The molecule has 0 radical (unpaired) electrons. The van der Waals surface area contributed by atoms with E-state index in [1.54, 1.807) is 0 Å². The summed E-state index contributed by atoms with van der Waals surface area (Å²) in [6.45, 7) is 2.72. The van der Waals surface area contributed by atoms with Crippen molar-refractivity contribution in [2.75, 3.05) is 13.1 Å². The summed E-state index contributed by atoms with van der Waals surface area (Å²) in [7, 11) is 0. The van der Waals surface area contributed by atoms with Crippen LogP contribution in [0.25, 0.3) is 10.8 Å². The van der Waals surface area contributed by atoms with Crippen molar-refractivity contribution in [3.63, 3.8) is 0 Å². The van der Waals surface area contributed by atoms with E-state index in [2.05, 4.69) is 52.7 Å². The molecule has 4 rings (SSSR count). The summed E-state index contributed by atoms with van der Waals surface area (Å²) in [6.07, 6.45) is 3.04. The number of nitrogens with zero attached hydrogens (tertiary/aromatic N) is 1. The second-order valence-corrected chi connectivity index (χ2v) is 7.23. The lowest BCUT2D eigenvalue weighted by atomic mass is 10.0. The van der Waals surface area contributed by atoms with Crippen molar-refractivity contribution in [3.8, 4) is 0 Å². The van der Waals surface area contributed by atoms with Gasteiger partial charge in [0.25, 0.3) is 11.8 Å². The van der Waals surface area contributed by atoms with Crippen molar-refractivity contribution < 1.29 is 14.0 Å². The minimum Gasteiger partial charge on any atom is -0.458 e. The molecule has 1 aliphatic heterocycles. The molecule has 0 bridgehead atoms.